The fourth-order valence-electron chi connectivity index (χ4n) is 1.70. The minimum absolute atomic E-state index is 0.0859. The van der Waals surface area contributed by atoms with Crippen LogP contribution < -0.4 is 10.6 Å². The molecular weight excluding hydrogens is 244 g/mol. The summed E-state index contributed by atoms with van der Waals surface area (Å²) in [6, 6.07) is -0.0859. The van der Waals surface area contributed by atoms with Crippen molar-refractivity contribution in [2.45, 2.75) is 45.7 Å². The lowest BCUT2D eigenvalue weighted by Crippen LogP contribution is -2.56. The third-order valence-corrected chi connectivity index (χ3v) is 2.57. The zero-order valence-electron chi connectivity index (χ0n) is 11.7. The molecule has 104 valence electrons. The normalized spacial score (nSPS) is 12.6. The third-order valence-electron chi connectivity index (χ3n) is 2.57. The minimum Gasteiger partial charge on any atom is -0.351 e. The lowest BCUT2D eigenvalue weighted by atomic mass is 10.0. The minimum atomic E-state index is -0.928. The van der Waals surface area contributed by atoms with Gasteiger partial charge in [-0.3, -0.25) is 19.6 Å². The van der Waals surface area contributed by atoms with Crippen LogP contribution >= 0.6 is 0 Å². The maximum absolute atomic E-state index is 12.0. The number of carbonyl (C=O) groups excluding carboxylic acids is 2. The van der Waals surface area contributed by atoms with Crippen LogP contribution in [0.1, 0.15) is 33.4 Å². The molecule has 19 heavy (non-hydrogen) atoms. The highest BCUT2D eigenvalue weighted by atomic mass is 16.2. The molecule has 2 amide bonds. The van der Waals surface area contributed by atoms with Gasteiger partial charge in [-0.1, -0.05) is 0 Å². The summed E-state index contributed by atoms with van der Waals surface area (Å²) >= 11 is 0. The van der Waals surface area contributed by atoms with Crippen LogP contribution in [0.15, 0.2) is 18.6 Å². The van der Waals surface area contributed by atoms with Crippen molar-refractivity contribution in [2.75, 3.05) is 0 Å². The van der Waals surface area contributed by atoms with Crippen molar-refractivity contribution < 1.29 is 9.59 Å². The highest BCUT2D eigenvalue weighted by Gasteiger charge is 2.29. The van der Waals surface area contributed by atoms with Gasteiger partial charge in [0.25, 0.3) is 0 Å². The van der Waals surface area contributed by atoms with Crippen LogP contribution in [0, 0.1) is 0 Å². The zero-order chi connectivity index (χ0) is 14.5. The van der Waals surface area contributed by atoms with Gasteiger partial charge in [0.2, 0.25) is 11.8 Å². The van der Waals surface area contributed by atoms with Crippen LogP contribution in [0.5, 0.6) is 0 Å². The molecule has 0 radical (unpaired) electrons. The Kier molecular flexibility index (Phi) is 4.97. The van der Waals surface area contributed by atoms with E-state index in [-0.39, 0.29) is 17.9 Å². The van der Waals surface area contributed by atoms with Gasteiger partial charge in [0.15, 0.2) is 0 Å². The maximum Gasteiger partial charge on any atom is 0.245 e. The molecule has 0 unspecified atom stereocenters. The number of amides is 2. The van der Waals surface area contributed by atoms with Crippen molar-refractivity contribution in [3.8, 4) is 0 Å². The molecule has 6 heteroatoms. The molecule has 1 aromatic rings. The molecular formula is C13H20N4O2. The summed E-state index contributed by atoms with van der Waals surface area (Å²) in [5.74, 6) is -0.458. The molecule has 1 atom stereocenters. The van der Waals surface area contributed by atoms with Crippen molar-refractivity contribution in [1.29, 1.82) is 0 Å². The Morgan fingerprint density at radius 3 is 2.58 bits per heavy atom. The number of carbonyl (C=O) groups is 2. The topological polar surface area (TPSA) is 84.0 Å². The second-order valence-corrected chi connectivity index (χ2v) is 5.08. The Hall–Kier alpha value is -1.98. The first-order valence-electron chi connectivity index (χ1n) is 6.16. The molecule has 1 heterocycles. The van der Waals surface area contributed by atoms with Crippen LogP contribution in [0.2, 0.25) is 0 Å². The molecule has 0 saturated carbocycles. The molecule has 0 bridgehead atoms. The SMILES string of the molecule is CC(=O)NC(C)(C)C(=O)N[C@H](C)Cc1cnccn1. The summed E-state index contributed by atoms with van der Waals surface area (Å²) in [6.07, 6.45) is 5.48. The van der Waals surface area contributed by atoms with Crippen LogP contribution in [-0.4, -0.2) is 33.4 Å². The number of nitrogens with zero attached hydrogens (tertiary/aromatic N) is 2. The molecule has 0 aliphatic carbocycles. The molecule has 0 aliphatic heterocycles. The molecule has 0 aromatic carbocycles. The number of nitrogens with one attached hydrogen (secondary N) is 2. The highest BCUT2D eigenvalue weighted by molar-refractivity contribution is 5.90. The van der Waals surface area contributed by atoms with Gasteiger partial charge in [-0.2, -0.15) is 0 Å². The Bertz CT molecular complexity index is 445. The lowest BCUT2D eigenvalue weighted by Gasteiger charge is -2.26. The smallest absolute Gasteiger partial charge is 0.245 e. The summed E-state index contributed by atoms with van der Waals surface area (Å²) < 4.78 is 0. The quantitative estimate of drug-likeness (QED) is 0.808. The van der Waals surface area contributed by atoms with E-state index in [2.05, 4.69) is 20.6 Å². The van der Waals surface area contributed by atoms with Crippen molar-refractivity contribution in [2.24, 2.45) is 0 Å². The third kappa shape index (κ3) is 5.03. The molecule has 0 spiro atoms. The fourth-order valence-corrected chi connectivity index (χ4v) is 1.70. The van der Waals surface area contributed by atoms with Crippen LogP contribution in [0.3, 0.4) is 0 Å². The van der Waals surface area contributed by atoms with Gasteiger partial charge in [-0.15, -0.1) is 0 Å². The average Bonchev–Trinajstić information content (AvgIpc) is 2.28. The zero-order valence-corrected chi connectivity index (χ0v) is 11.7. The van der Waals surface area contributed by atoms with Crippen molar-refractivity contribution in [3.63, 3.8) is 0 Å². The lowest BCUT2D eigenvalue weighted by molar-refractivity contribution is -0.131. The number of hydrogen-bond acceptors (Lipinski definition) is 4. The van der Waals surface area contributed by atoms with E-state index in [0.717, 1.165) is 5.69 Å². The standard InChI is InChI=1S/C13H20N4O2/c1-9(7-11-8-14-5-6-15-11)16-12(19)13(3,4)17-10(2)18/h5-6,8-9H,7H2,1-4H3,(H,16,19)(H,17,18)/t9-/m1/s1. The fraction of sp³-hybridized carbons (Fsp3) is 0.538. The van der Waals surface area contributed by atoms with E-state index in [9.17, 15) is 9.59 Å². The Balaban J connectivity index is 2.54. The molecule has 1 aromatic heterocycles. The van der Waals surface area contributed by atoms with Crippen molar-refractivity contribution in [1.82, 2.24) is 20.6 Å². The summed E-state index contributed by atoms with van der Waals surface area (Å²) in [4.78, 5) is 31.2. The highest BCUT2D eigenvalue weighted by Crippen LogP contribution is 2.04. The molecule has 0 saturated heterocycles. The largest absolute Gasteiger partial charge is 0.351 e. The molecule has 6 nitrogen and oxygen atoms in total. The molecule has 2 N–H and O–H groups in total. The van der Waals surface area contributed by atoms with E-state index >= 15 is 0 Å². The van der Waals surface area contributed by atoms with Gasteiger partial charge in [-0.05, 0) is 20.8 Å². The average molecular weight is 264 g/mol. The summed E-state index contributed by atoms with van der Waals surface area (Å²) in [6.45, 7) is 6.60. The van der Waals surface area contributed by atoms with Gasteiger partial charge >= 0.3 is 0 Å². The van der Waals surface area contributed by atoms with Crippen molar-refractivity contribution >= 4 is 11.8 Å². The van der Waals surface area contributed by atoms with Gasteiger partial charge < -0.3 is 10.6 Å². The van der Waals surface area contributed by atoms with E-state index in [1.807, 2.05) is 6.92 Å². The predicted molar refractivity (Wildman–Crippen MR) is 71.2 cm³/mol. The van der Waals surface area contributed by atoms with E-state index in [0.29, 0.717) is 6.42 Å². The van der Waals surface area contributed by atoms with Gasteiger partial charge in [0, 0.05) is 38.0 Å². The van der Waals surface area contributed by atoms with E-state index in [1.165, 1.54) is 6.92 Å². The van der Waals surface area contributed by atoms with Gasteiger partial charge in [0.05, 0.1) is 5.69 Å². The van der Waals surface area contributed by atoms with E-state index < -0.39 is 5.54 Å². The van der Waals surface area contributed by atoms with Gasteiger partial charge in [0.1, 0.15) is 5.54 Å². The Labute approximate surface area is 113 Å². The summed E-state index contributed by atoms with van der Waals surface area (Å²) in [5, 5.41) is 5.46. The summed E-state index contributed by atoms with van der Waals surface area (Å²) in [7, 11) is 0. The van der Waals surface area contributed by atoms with Crippen molar-refractivity contribution in [3.05, 3.63) is 24.3 Å². The van der Waals surface area contributed by atoms with Gasteiger partial charge in [-0.25, -0.2) is 0 Å². The number of aromatic nitrogens is 2. The number of hydrogen-bond donors (Lipinski definition) is 2. The summed E-state index contributed by atoms with van der Waals surface area (Å²) in [5.41, 5.74) is -0.115. The Morgan fingerprint density at radius 2 is 2.05 bits per heavy atom. The first kappa shape index (κ1) is 15.1. The predicted octanol–water partition coefficient (Wildman–Crippen LogP) is 0.439. The van der Waals surface area contributed by atoms with Crippen LogP contribution in [-0.2, 0) is 16.0 Å². The maximum atomic E-state index is 12.0. The van der Waals surface area contributed by atoms with E-state index in [4.69, 9.17) is 0 Å². The van der Waals surface area contributed by atoms with Crippen LogP contribution in [0.4, 0.5) is 0 Å². The molecule has 0 fully saturated rings. The molecule has 1 rings (SSSR count). The number of rotatable bonds is 5. The van der Waals surface area contributed by atoms with E-state index in [1.54, 1.807) is 32.4 Å². The Morgan fingerprint density at radius 1 is 1.37 bits per heavy atom. The van der Waals surface area contributed by atoms with Crippen LogP contribution in [0.25, 0.3) is 0 Å². The molecule has 0 aliphatic rings. The first-order valence-corrected chi connectivity index (χ1v) is 6.16. The second kappa shape index (κ2) is 6.26. The first-order chi connectivity index (χ1) is 8.81. The second-order valence-electron chi connectivity index (χ2n) is 5.08. The monoisotopic (exact) mass is 264 g/mol.